The van der Waals surface area contributed by atoms with Crippen LogP contribution in [0.15, 0.2) is 12.2 Å². The van der Waals surface area contributed by atoms with E-state index in [0.29, 0.717) is 51.4 Å². The predicted octanol–water partition coefficient (Wildman–Crippen LogP) is 7.13. The topological polar surface area (TPSA) is 279 Å². The van der Waals surface area contributed by atoms with E-state index >= 15 is 51.1 Å². The van der Waals surface area contributed by atoms with Gasteiger partial charge in [0.1, 0.15) is 72.1 Å². The zero-order valence-electron chi connectivity index (χ0n) is 66.4. The number of nitrogens with zero attached hydrogens (tertiary/aromatic N) is 9. The second kappa shape index (κ2) is 37.9. The SMILES string of the molecule is CCCN(C)C(=O)[C@@H]1CC(=O)N(C)[C@@H](CC2CC2)C(=O)N[C@@H]([C@@H](C)CC)C(=O)N(C)CC(=O)N(C)[C@H]2C/C=C\CCN(C2=O)[C@@H](CC2CCC(C(F)(F)F)CC2)C(=O)N(C)CC(=O)N[C@@H](CCC2CC(F)C(C(F)(F)F)C(F)C2)C(=O)N2C[C@H](OCC)C[C@H]2C(=O)NC2(CC(F)(F)C2)C(=O)N(C)[C@@H](C2CCCC2)C(=O)N1C. The number of alkyl halides is 10. The van der Waals surface area contributed by atoms with Crippen molar-refractivity contribution in [2.45, 2.75) is 272 Å². The molecule has 25 nitrogen and oxygen atoms in total. The molecule has 112 heavy (non-hydrogen) atoms. The van der Waals surface area contributed by atoms with Gasteiger partial charge in [-0.3, -0.25) is 57.5 Å². The Hall–Kier alpha value is -7.36. The number of nitrogens with one attached hydrogen (secondary N) is 3. The van der Waals surface area contributed by atoms with Gasteiger partial charge in [-0.1, -0.05) is 65.0 Å². The molecule has 3 aliphatic heterocycles. The van der Waals surface area contributed by atoms with E-state index in [1.807, 2.05) is 0 Å². The maximum atomic E-state index is 15.8. The number of carbonyl (C=O) groups is 12. The van der Waals surface area contributed by atoms with Crippen LogP contribution in [0.4, 0.5) is 43.9 Å². The third-order valence-corrected chi connectivity index (χ3v) is 24.9. The quantitative estimate of drug-likeness (QED) is 0.109. The average molecular weight is 1610 g/mol. The van der Waals surface area contributed by atoms with E-state index in [-0.39, 0.29) is 83.4 Å². The largest absolute Gasteiger partial charge is 0.397 e. The maximum absolute atomic E-state index is 15.8. The second-order valence-electron chi connectivity index (χ2n) is 33.1. The van der Waals surface area contributed by atoms with Crippen LogP contribution in [0.25, 0.3) is 0 Å². The Labute approximate surface area is 649 Å². The lowest BCUT2D eigenvalue weighted by Crippen LogP contribution is -2.72. The van der Waals surface area contributed by atoms with Crippen LogP contribution >= 0.6 is 0 Å². The smallest absolute Gasteiger partial charge is 0.377 e. The summed E-state index contributed by atoms with van der Waals surface area (Å²) in [6.45, 7) is 4.68. The van der Waals surface area contributed by atoms with E-state index in [0.717, 1.165) is 34.3 Å². The van der Waals surface area contributed by atoms with Crippen molar-refractivity contribution < 1.29 is 106 Å². The Morgan fingerprint density at radius 1 is 0.634 bits per heavy atom. The van der Waals surface area contributed by atoms with E-state index in [2.05, 4.69) is 16.0 Å². The summed E-state index contributed by atoms with van der Waals surface area (Å²) in [5.74, 6) is -22.3. The van der Waals surface area contributed by atoms with Crippen LogP contribution in [-0.2, 0) is 62.3 Å². The fourth-order valence-corrected chi connectivity index (χ4v) is 17.8. The fourth-order valence-electron chi connectivity index (χ4n) is 17.8. The van der Waals surface area contributed by atoms with Crippen LogP contribution in [0.2, 0.25) is 0 Å². The normalized spacial score (nSPS) is 32.4. The molecule has 8 rings (SSSR count). The molecule has 5 aliphatic carbocycles. The minimum atomic E-state index is -5.26. The number of hydrogen-bond acceptors (Lipinski definition) is 13. The van der Waals surface area contributed by atoms with Gasteiger partial charge in [0, 0.05) is 94.8 Å². The van der Waals surface area contributed by atoms with E-state index < -0.39 is 262 Å². The van der Waals surface area contributed by atoms with Crippen molar-refractivity contribution in [3.63, 3.8) is 0 Å². The summed E-state index contributed by atoms with van der Waals surface area (Å²) in [5.41, 5.74) is -2.50. The number of halogens is 10. The number of hydrogen-bond donors (Lipinski definition) is 3. The van der Waals surface area contributed by atoms with Gasteiger partial charge in [-0.25, -0.2) is 17.6 Å². The van der Waals surface area contributed by atoms with E-state index in [9.17, 15) is 50.3 Å². The van der Waals surface area contributed by atoms with E-state index in [1.54, 1.807) is 39.8 Å². The van der Waals surface area contributed by atoms with Crippen LogP contribution in [-0.4, -0.2) is 294 Å². The monoisotopic (exact) mass is 1610 g/mol. The molecule has 8 aliphatic rings. The molecule has 0 aromatic rings. The van der Waals surface area contributed by atoms with Gasteiger partial charge in [0.2, 0.25) is 70.9 Å². The maximum Gasteiger partial charge on any atom is 0.397 e. The second-order valence-corrected chi connectivity index (χ2v) is 33.1. The molecule has 5 saturated carbocycles. The molecule has 0 aromatic heterocycles. The Bertz CT molecular complexity index is 3390. The molecular formula is C77H116F10N12O13. The zero-order valence-corrected chi connectivity index (χ0v) is 66.4. The first-order valence-electron chi connectivity index (χ1n) is 39.9. The Balaban J connectivity index is 1.22. The fraction of sp³-hybridized carbons (Fsp3) is 0.818. The van der Waals surface area contributed by atoms with Crippen LogP contribution in [0.5, 0.6) is 0 Å². The molecule has 2 bridgehead atoms. The number of fused-ring (bicyclic) bond motifs is 3. The minimum Gasteiger partial charge on any atom is -0.377 e. The highest BCUT2D eigenvalue weighted by atomic mass is 19.4. The molecule has 12 atom stereocenters. The van der Waals surface area contributed by atoms with Gasteiger partial charge in [0.05, 0.1) is 31.5 Å². The number of amides is 12. The van der Waals surface area contributed by atoms with Crippen LogP contribution in [0.1, 0.15) is 182 Å². The molecule has 35 heteroatoms. The van der Waals surface area contributed by atoms with Gasteiger partial charge in [-0.2, -0.15) is 26.3 Å². The molecule has 12 amide bonds. The summed E-state index contributed by atoms with van der Waals surface area (Å²) in [4.78, 5) is 192. The summed E-state index contributed by atoms with van der Waals surface area (Å²) < 4.78 is 153. The lowest BCUT2D eigenvalue weighted by atomic mass is 9.71. The van der Waals surface area contributed by atoms with Gasteiger partial charge in [-0.05, 0) is 133 Å². The number of rotatable bonds is 15. The Kier molecular flexibility index (Phi) is 30.5. The molecule has 2 unspecified atom stereocenters. The van der Waals surface area contributed by atoms with Crippen LogP contribution in [0, 0.1) is 41.4 Å². The highest BCUT2D eigenvalue weighted by molar-refractivity contribution is 6.01. The first kappa shape index (κ1) is 90.2. The number of ether oxygens (including phenoxy) is 1. The van der Waals surface area contributed by atoms with E-state index in [4.69, 9.17) is 4.74 Å². The molecule has 3 heterocycles. The molecule has 0 radical (unpaired) electrons. The van der Waals surface area contributed by atoms with Gasteiger partial charge in [-0.15, -0.1) is 0 Å². The molecule has 632 valence electrons. The van der Waals surface area contributed by atoms with Crippen molar-refractivity contribution in [2.75, 3.05) is 88.7 Å². The van der Waals surface area contributed by atoms with Gasteiger partial charge >= 0.3 is 12.4 Å². The minimum absolute atomic E-state index is 0.0184. The molecule has 1 spiro atoms. The van der Waals surface area contributed by atoms with Crippen molar-refractivity contribution in [3.8, 4) is 0 Å². The summed E-state index contributed by atoms with van der Waals surface area (Å²) >= 11 is 0. The first-order chi connectivity index (χ1) is 52.5. The van der Waals surface area contributed by atoms with Crippen molar-refractivity contribution in [1.82, 2.24) is 60.0 Å². The molecule has 2 saturated heterocycles. The van der Waals surface area contributed by atoms with Crippen molar-refractivity contribution in [2.24, 2.45) is 41.4 Å². The third kappa shape index (κ3) is 21.8. The van der Waals surface area contributed by atoms with Crippen molar-refractivity contribution >= 4 is 70.9 Å². The van der Waals surface area contributed by atoms with E-state index in [1.165, 1.54) is 59.1 Å². The Morgan fingerprint density at radius 3 is 1.79 bits per heavy atom. The Morgan fingerprint density at radius 2 is 1.23 bits per heavy atom. The number of likely N-dealkylation sites (N-methyl/N-ethyl adjacent to an activating group) is 7. The highest BCUT2D eigenvalue weighted by Crippen LogP contribution is 2.49. The summed E-state index contributed by atoms with van der Waals surface area (Å²) in [6.07, 6.45) is -16.3. The lowest BCUT2D eigenvalue weighted by Gasteiger charge is -2.50. The third-order valence-electron chi connectivity index (χ3n) is 24.9. The van der Waals surface area contributed by atoms with Gasteiger partial charge in [0.25, 0.3) is 5.92 Å². The molecule has 3 N–H and O–H groups in total. The summed E-state index contributed by atoms with van der Waals surface area (Å²) in [6, 6.07) is -12.3. The van der Waals surface area contributed by atoms with Crippen LogP contribution in [0.3, 0.4) is 0 Å². The lowest BCUT2D eigenvalue weighted by molar-refractivity contribution is -0.219. The standard InChI is InChI=1S/C77H116F10N12O13/c1-12-31-91(5)68(106)57-38-60(101)95(9)55(35-45-23-24-45)65(103)89-63(44(4)13-2)71(109)93(7)41-61(102)94(8)54-22-16-15-19-32-98(70(54)108)58(36-46-25-28-49(29-26-46)76(82,83)84)69(107)92(6)40-59(100)88-53(30-27-47-33-51(78)62(52(79)34-47)77(85,86)87)67(105)99-39-50(112-14-3)37-56(99)66(104)90-74(42-75(80,81)43-74)73(111)97(11)64(72(110)96(57)10)48-20-17-18-21-48/h15-16,44-58,62-64H,12-14,17-43H2,1-11H3,(H,88,100)(H,89,103)(H,90,104)/b16-15-/t44-,46?,47?,49?,50+,51?,52?,53-,54-,55-,56-,57-,58-,62?,63-,64-/m0/s1. The van der Waals surface area contributed by atoms with Crippen molar-refractivity contribution in [3.05, 3.63) is 12.2 Å². The highest BCUT2D eigenvalue weighted by Gasteiger charge is 2.65. The van der Waals surface area contributed by atoms with Gasteiger partial charge < -0.3 is 64.8 Å². The molecule has 7 fully saturated rings. The zero-order chi connectivity index (χ0) is 83.0. The van der Waals surface area contributed by atoms with Crippen molar-refractivity contribution in [1.29, 1.82) is 0 Å². The summed E-state index contributed by atoms with van der Waals surface area (Å²) in [7, 11) is 9.05. The molecular weight excluding hydrogens is 1490 g/mol. The summed E-state index contributed by atoms with van der Waals surface area (Å²) in [5, 5.41) is 7.92. The van der Waals surface area contributed by atoms with Crippen LogP contribution < -0.4 is 16.0 Å². The molecule has 0 aromatic carbocycles. The first-order valence-corrected chi connectivity index (χ1v) is 39.9. The predicted molar refractivity (Wildman–Crippen MR) is 389 cm³/mol. The van der Waals surface area contributed by atoms with Gasteiger partial charge in [0.15, 0.2) is 0 Å². The number of carbonyl (C=O) groups excluding carboxylic acids is 12. The average Bonchev–Trinajstić information content (AvgIpc) is 0.899.